The zero-order chi connectivity index (χ0) is 18.8. The maximum Gasteiger partial charge on any atom is 0.223 e. The molecule has 1 amide bonds. The number of fused-ring (bicyclic) bond motifs is 1. The zero-order valence-corrected chi connectivity index (χ0v) is 15.2. The number of carbonyl (C=O) groups is 3. The van der Waals surface area contributed by atoms with Crippen LogP contribution in [0.2, 0.25) is 0 Å². The van der Waals surface area contributed by atoms with Gasteiger partial charge in [0.1, 0.15) is 17.6 Å². The number of hydrogen-bond donors (Lipinski definition) is 1. The number of benzene rings is 1. The van der Waals surface area contributed by atoms with Gasteiger partial charge in [0.25, 0.3) is 0 Å². The van der Waals surface area contributed by atoms with Crippen LogP contribution in [0.25, 0.3) is 11.0 Å². The topological polar surface area (TPSA) is 79.6 Å². The molecule has 1 aromatic heterocycles. The Morgan fingerprint density at radius 3 is 2.93 bits per heavy atom. The normalized spacial score (nSPS) is 25.2. The van der Waals surface area contributed by atoms with E-state index in [9.17, 15) is 14.4 Å². The molecule has 4 rings (SSSR count). The van der Waals surface area contributed by atoms with Gasteiger partial charge in [0, 0.05) is 30.7 Å². The molecule has 0 aliphatic carbocycles. The molecule has 0 saturated carbocycles. The molecular formula is C21H24N2O4. The Labute approximate surface area is 157 Å². The molecule has 6 nitrogen and oxygen atoms in total. The van der Waals surface area contributed by atoms with Gasteiger partial charge in [-0.05, 0) is 37.9 Å². The number of carbonyl (C=O) groups excluding carboxylic acids is 3. The van der Waals surface area contributed by atoms with E-state index in [0.717, 1.165) is 29.4 Å². The summed E-state index contributed by atoms with van der Waals surface area (Å²) >= 11 is 0. The van der Waals surface area contributed by atoms with Gasteiger partial charge in [0.05, 0.1) is 12.1 Å². The molecule has 3 heterocycles. The first kappa shape index (κ1) is 17.9. The van der Waals surface area contributed by atoms with Crippen LogP contribution in [0.4, 0.5) is 0 Å². The minimum atomic E-state index is -0.411. The lowest BCUT2D eigenvalue weighted by molar-refractivity contribution is -0.139. The molecule has 1 aromatic carbocycles. The Balaban J connectivity index is 1.40. The molecule has 2 saturated heterocycles. The molecular weight excluding hydrogens is 344 g/mol. The van der Waals surface area contributed by atoms with E-state index in [1.807, 2.05) is 30.3 Å². The van der Waals surface area contributed by atoms with Crippen molar-refractivity contribution in [3.63, 3.8) is 0 Å². The summed E-state index contributed by atoms with van der Waals surface area (Å²) in [5.74, 6) is 0.496. The van der Waals surface area contributed by atoms with Crippen LogP contribution in [0.15, 0.2) is 34.7 Å². The molecule has 2 aliphatic heterocycles. The molecule has 27 heavy (non-hydrogen) atoms. The van der Waals surface area contributed by atoms with Crippen molar-refractivity contribution in [1.82, 2.24) is 10.2 Å². The fourth-order valence-electron chi connectivity index (χ4n) is 4.33. The first-order valence-electron chi connectivity index (χ1n) is 9.66. The number of rotatable bonds is 6. The largest absolute Gasteiger partial charge is 0.461 e. The second-order valence-corrected chi connectivity index (χ2v) is 7.41. The number of aryl methyl sites for hydroxylation is 1. The second-order valence-electron chi connectivity index (χ2n) is 7.41. The number of Topliss-reactive ketones (excluding diaryl/α,β-unsaturated/α-hetero) is 1. The van der Waals surface area contributed by atoms with Crippen LogP contribution in [0.1, 0.15) is 31.4 Å². The van der Waals surface area contributed by atoms with Gasteiger partial charge in [-0.3, -0.25) is 9.59 Å². The number of para-hydroxylation sites is 1. The van der Waals surface area contributed by atoms with Crippen molar-refractivity contribution in [1.29, 1.82) is 0 Å². The van der Waals surface area contributed by atoms with Crippen LogP contribution >= 0.6 is 0 Å². The fourth-order valence-corrected chi connectivity index (χ4v) is 4.33. The van der Waals surface area contributed by atoms with E-state index in [2.05, 4.69) is 5.32 Å². The number of likely N-dealkylation sites (tertiary alicyclic amines) is 1. The van der Waals surface area contributed by atoms with E-state index in [4.69, 9.17) is 4.42 Å². The predicted molar refractivity (Wildman–Crippen MR) is 100 cm³/mol. The van der Waals surface area contributed by atoms with E-state index in [1.54, 1.807) is 4.90 Å². The number of ketones is 1. The summed E-state index contributed by atoms with van der Waals surface area (Å²) in [6, 6.07) is 8.94. The average Bonchev–Trinajstić information content (AvgIpc) is 3.43. The maximum absolute atomic E-state index is 12.9. The van der Waals surface area contributed by atoms with Crippen molar-refractivity contribution < 1.29 is 18.8 Å². The molecule has 0 spiro atoms. The van der Waals surface area contributed by atoms with Crippen molar-refractivity contribution in [3.05, 3.63) is 36.1 Å². The van der Waals surface area contributed by atoms with Gasteiger partial charge in [-0.2, -0.15) is 0 Å². The van der Waals surface area contributed by atoms with Crippen LogP contribution in [0.5, 0.6) is 0 Å². The maximum atomic E-state index is 12.9. The third kappa shape index (κ3) is 3.54. The molecule has 142 valence electrons. The van der Waals surface area contributed by atoms with Crippen LogP contribution in [-0.2, 0) is 20.8 Å². The summed E-state index contributed by atoms with van der Waals surface area (Å²) in [7, 11) is 0. The van der Waals surface area contributed by atoms with Crippen molar-refractivity contribution in [2.45, 2.75) is 44.2 Å². The van der Waals surface area contributed by atoms with E-state index in [1.165, 1.54) is 0 Å². The van der Waals surface area contributed by atoms with E-state index >= 15 is 0 Å². The van der Waals surface area contributed by atoms with Crippen molar-refractivity contribution in [2.75, 3.05) is 13.1 Å². The standard InChI is InChI=1S/C21H24N2O4/c24-13-17-16(9-10-22-17)21(26)18-5-3-11-23(18)20(25)8-7-15-12-14-4-1-2-6-19(14)27-15/h1-2,4,6,12-13,16-18,22H,3,5,7-11H2/t16?,17-,18+/m1/s1. The molecule has 0 radical (unpaired) electrons. The smallest absolute Gasteiger partial charge is 0.223 e. The molecule has 3 atom stereocenters. The van der Waals surface area contributed by atoms with Gasteiger partial charge in [0.15, 0.2) is 5.78 Å². The lowest BCUT2D eigenvalue weighted by Crippen LogP contribution is -2.46. The lowest BCUT2D eigenvalue weighted by atomic mass is 9.90. The lowest BCUT2D eigenvalue weighted by Gasteiger charge is -2.26. The highest BCUT2D eigenvalue weighted by Crippen LogP contribution is 2.27. The molecule has 2 fully saturated rings. The molecule has 2 aliphatic rings. The van der Waals surface area contributed by atoms with Gasteiger partial charge < -0.3 is 19.4 Å². The first-order valence-corrected chi connectivity index (χ1v) is 9.66. The van der Waals surface area contributed by atoms with Gasteiger partial charge in [0.2, 0.25) is 5.91 Å². The molecule has 2 aromatic rings. The minimum Gasteiger partial charge on any atom is -0.461 e. The Bertz CT molecular complexity index is 826. The minimum absolute atomic E-state index is 0.0140. The Kier molecular flexibility index (Phi) is 5.07. The van der Waals surface area contributed by atoms with Gasteiger partial charge in [-0.15, -0.1) is 0 Å². The van der Waals surface area contributed by atoms with Crippen molar-refractivity contribution in [3.8, 4) is 0 Å². The molecule has 0 bridgehead atoms. The van der Waals surface area contributed by atoms with E-state index in [0.29, 0.717) is 38.8 Å². The van der Waals surface area contributed by atoms with Crippen molar-refractivity contribution in [2.24, 2.45) is 5.92 Å². The quantitative estimate of drug-likeness (QED) is 0.790. The highest BCUT2D eigenvalue weighted by molar-refractivity contribution is 5.93. The number of nitrogens with zero attached hydrogens (tertiary/aromatic N) is 1. The Morgan fingerprint density at radius 2 is 2.11 bits per heavy atom. The summed E-state index contributed by atoms with van der Waals surface area (Å²) in [6.45, 7) is 1.29. The summed E-state index contributed by atoms with van der Waals surface area (Å²) in [4.78, 5) is 38.6. The highest BCUT2D eigenvalue weighted by Gasteiger charge is 2.41. The summed E-state index contributed by atoms with van der Waals surface area (Å²) in [6.07, 6.45) is 3.85. The second kappa shape index (κ2) is 7.64. The SMILES string of the molecule is O=C[C@H]1NCCC1C(=O)[C@@H]1CCCN1C(=O)CCc1cc2ccccc2o1. The number of hydrogen-bond acceptors (Lipinski definition) is 5. The van der Waals surface area contributed by atoms with Gasteiger partial charge in [-0.1, -0.05) is 18.2 Å². The summed E-state index contributed by atoms with van der Waals surface area (Å²) in [5.41, 5.74) is 0.822. The van der Waals surface area contributed by atoms with E-state index < -0.39 is 6.04 Å². The number of nitrogens with one attached hydrogen (secondary N) is 1. The number of amides is 1. The Morgan fingerprint density at radius 1 is 1.26 bits per heavy atom. The van der Waals surface area contributed by atoms with Crippen molar-refractivity contribution >= 4 is 28.9 Å². The van der Waals surface area contributed by atoms with E-state index in [-0.39, 0.29) is 23.7 Å². The van der Waals surface area contributed by atoms with Gasteiger partial charge in [-0.25, -0.2) is 0 Å². The highest BCUT2D eigenvalue weighted by atomic mass is 16.3. The predicted octanol–water partition coefficient (Wildman–Crippen LogP) is 2.10. The first-order chi connectivity index (χ1) is 13.2. The Hall–Kier alpha value is -2.47. The van der Waals surface area contributed by atoms with Gasteiger partial charge >= 0.3 is 0 Å². The third-order valence-electron chi connectivity index (χ3n) is 5.74. The molecule has 1 N–H and O–H groups in total. The summed E-state index contributed by atoms with van der Waals surface area (Å²) in [5, 5.41) is 4.09. The summed E-state index contributed by atoms with van der Waals surface area (Å²) < 4.78 is 5.78. The van der Waals surface area contributed by atoms with Crippen LogP contribution in [-0.4, -0.2) is 48.0 Å². The average molecular weight is 368 g/mol. The molecule has 1 unspecified atom stereocenters. The van der Waals surface area contributed by atoms with Crippen LogP contribution in [0, 0.1) is 5.92 Å². The van der Waals surface area contributed by atoms with Crippen LogP contribution in [0.3, 0.4) is 0 Å². The number of aldehydes is 1. The monoisotopic (exact) mass is 368 g/mol. The number of furan rings is 1. The third-order valence-corrected chi connectivity index (χ3v) is 5.74. The van der Waals surface area contributed by atoms with Crippen LogP contribution < -0.4 is 5.32 Å². The fraction of sp³-hybridized carbons (Fsp3) is 0.476. The molecule has 6 heteroatoms. The zero-order valence-electron chi connectivity index (χ0n) is 15.2.